The van der Waals surface area contributed by atoms with Crippen LogP contribution in [0.25, 0.3) is 0 Å². The van der Waals surface area contributed by atoms with Gasteiger partial charge in [0, 0.05) is 13.0 Å². The number of hydrogen-bond donors (Lipinski definition) is 3. The van der Waals surface area contributed by atoms with E-state index in [-0.39, 0.29) is 5.03 Å². The number of aromatic amines is 1. The molecule has 0 amide bonds. The SMILES string of the molecule is CCc1ncc(S(=O)(=O)NCC2CCCC2CN)[nH]1. The van der Waals surface area contributed by atoms with Crippen molar-refractivity contribution >= 4 is 10.0 Å². The lowest BCUT2D eigenvalue weighted by molar-refractivity contribution is 0.393. The molecule has 1 aliphatic rings. The highest BCUT2D eigenvalue weighted by Crippen LogP contribution is 2.30. The van der Waals surface area contributed by atoms with Crippen LogP contribution < -0.4 is 10.5 Å². The fourth-order valence-electron chi connectivity index (χ4n) is 2.65. The van der Waals surface area contributed by atoms with E-state index < -0.39 is 10.0 Å². The molecular weight excluding hydrogens is 264 g/mol. The van der Waals surface area contributed by atoms with Crippen LogP contribution in [0.2, 0.25) is 0 Å². The van der Waals surface area contributed by atoms with Gasteiger partial charge >= 0.3 is 0 Å². The van der Waals surface area contributed by atoms with Crippen LogP contribution in [0.3, 0.4) is 0 Å². The van der Waals surface area contributed by atoms with E-state index in [4.69, 9.17) is 5.73 Å². The Bertz CT molecular complexity index is 512. The third-order valence-corrected chi connectivity index (χ3v) is 5.22. The molecule has 7 heteroatoms. The van der Waals surface area contributed by atoms with Crippen LogP contribution in [0.15, 0.2) is 11.2 Å². The summed E-state index contributed by atoms with van der Waals surface area (Å²) < 4.78 is 26.9. The molecule has 1 aliphatic carbocycles. The lowest BCUT2D eigenvalue weighted by atomic mass is 9.97. The minimum atomic E-state index is -3.48. The molecule has 1 aromatic heterocycles. The van der Waals surface area contributed by atoms with Crippen LogP contribution in [0.5, 0.6) is 0 Å². The monoisotopic (exact) mass is 286 g/mol. The molecule has 0 bridgehead atoms. The molecule has 1 saturated carbocycles. The van der Waals surface area contributed by atoms with Gasteiger partial charge in [-0.15, -0.1) is 0 Å². The Morgan fingerprint density at radius 3 is 2.84 bits per heavy atom. The topological polar surface area (TPSA) is 101 Å². The number of sulfonamides is 1. The number of imidazole rings is 1. The van der Waals surface area contributed by atoms with Crippen LogP contribution in [0, 0.1) is 11.8 Å². The Kier molecular flexibility index (Phi) is 4.59. The Morgan fingerprint density at radius 2 is 2.21 bits per heavy atom. The molecule has 4 N–H and O–H groups in total. The van der Waals surface area contributed by atoms with Crippen molar-refractivity contribution in [1.82, 2.24) is 14.7 Å². The van der Waals surface area contributed by atoms with Gasteiger partial charge in [-0.1, -0.05) is 13.3 Å². The molecule has 1 heterocycles. The molecule has 2 unspecified atom stereocenters. The van der Waals surface area contributed by atoms with E-state index >= 15 is 0 Å². The summed E-state index contributed by atoms with van der Waals surface area (Å²) in [5, 5.41) is 0.145. The number of H-pyrrole nitrogens is 1. The third kappa shape index (κ3) is 3.34. The second kappa shape index (κ2) is 6.02. The van der Waals surface area contributed by atoms with E-state index in [1.807, 2.05) is 6.92 Å². The van der Waals surface area contributed by atoms with E-state index in [1.54, 1.807) is 0 Å². The van der Waals surface area contributed by atoms with Gasteiger partial charge in [0.25, 0.3) is 10.0 Å². The van der Waals surface area contributed by atoms with Crippen LogP contribution >= 0.6 is 0 Å². The van der Waals surface area contributed by atoms with Gasteiger partial charge in [0.2, 0.25) is 0 Å². The first kappa shape index (κ1) is 14.5. The molecule has 2 atom stereocenters. The molecule has 0 radical (unpaired) electrons. The van der Waals surface area contributed by atoms with Crippen molar-refractivity contribution in [3.8, 4) is 0 Å². The molecule has 108 valence electrons. The van der Waals surface area contributed by atoms with Gasteiger partial charge in [0.1, 0.15) is 5.82 Å². The average Bonchev–Trinajstić information content (AvgIpc) is 3.05. The standard InChI is InChI=1S/C12H22N4O2S/c1-2-11-14-8-12(16-11)19(17,18)15-7-10-5-3-4-9(10)6-13/h8-10,15H,2-7,13H2,1H3,(H,14,16). The molecule has 2 rings (SSSR count). The van der Waals surface area contributed by atoms with E-state index in [0.29, 0.717) is 37.2 Å². The number of nitrogens with one attached hydrogen (secondary N) is 2. The van der Waals surface area contributed by atoms with Crippen LogP contribution in [-0.2, 0) is 16.4 Å². The fourth-order valence-corrected chi connectivity index (χ4v) is 3.68. The summed E-state index contributed by atoms with van der Waals surface area (Å²) in [6, 6.07) is 0. The van der Waals surface area contributed by atoms with Gasteiger partial charge in [0.05, 0.1) is 6.20 Å². The minimum Gasteiger partial charge on any atom is -0.332 e. The van der Waals surface area contributed by atoms with Crippen LogP contribution in [0.1, 0.15) is 32.0 Å². The Labute approximate surface area is 114 Å². The summed E-state index contributed by atoms with van der Waals surface area (Å²) in [6.07, 6.45) is 5.35. The average molecular weight is 286 g/mol. The van der Waals surface area contributed by atoms with E-state index in [2.05, 4.69) is 14.7 Å². The molecule has 1 fully saturated rings. The number of aromatic nitrogens is 2. The highest BCUT2D eigenvalue weighted by atomic mass is 32.2. The van der Waals surface area contributed by atoms with Gasteiger partial charge in [-0.05, 0) is 31.2 Å². The summed E-state index contributed by atoms with van der Waals surface area (Å²) in [6.45, 7) is 3.02. The lowest BCUT2D eigenvalue weighted by Crippen LogP contribution is -2.33. The summed E-state index contributed by atoms with van der Waals surface area (Å²) in [7, 11) is -3.48. The normalized spacial score (nSPS) is 23.9. The van der Waals surface area contributed by atoms with Crippen molar-refractivity contribution in [2.24, 2.45) is 17.6 Å². The number of hydrogen-bond acceptors (Lipinski definition) is 4. The zero-order valence-corrected chi connectivity index (χ0v) is 12.0. The minimum absolute atomic E-state index is 0.145. The van der Waals surface area contributed by atoms with Crippen molar-refractivity contribution in [3.63, 3.8) is 0 Å². The maximum absolute atomic E-state index is 12.1. The molecule has 0 spiro atoms. The number of nitrogens with two attached hydrogens (primary N) is 1. The molecule has 0 aromatic carbocycles. The first-order chi connectivity index (χ1) is 9.06. The summed E-state index contributed by atoms with van der Waals surface area (Å²) in [5.74, 6) is 1.48. The van der Waals surface area contributed by atoms with Crippen LogP contribution in [-0.4, -0.2) is 31.5 Å². The number of rotatable bonds is 6. The van der Waals surface area contributed by atoms with Gasteiger partial charge in [-0.2, -0.15) is 0 Å². The van der Waals surface area contributed by atoms with Crippen molar-refractivity contribution in [2.75, 3.05) is 13.1 Å². The molecule has 0 aliphatic heterocycles. The quantitative estimate of drug-likeness (QED) is 0.713. The van der Waals surface area contributed by atoms with Crippen LogP contribution in [0.4, 0.5) is 0 Å². The molecular formula is C12H22N4O2S. The Morgan fingerprint density at radius 1 is 1.47 bits per heavy atom. The van der Waals surface area contributed by atoms with Gasteiger partial charge in [0.15, 0.2) is 5.03 Å². The van der Waals surface area contributed by atoms with E-state index in [0.717, 1.165) is 19.3 Å². The maximum atomic E-state index is 12.1. The predicted octanol–water partition coefficient (Wildman–Crippen LogP) is 0.625. The molecule has 0 saturated heterocycles. The highest BCUT2D eigenvalue weighted by Gasteiger charge is 2.28. The number of aryl methyl sites for hydroxylation is 1. The van der Waals surface area contributed by atoms with Gasteiger partial charge < -0.3 is 10.7 Å². The third-order valence-electron chi connectivity index (χ3n) is 3.88. The highest BCUT2D eigenvalue weighted by molar-refractivity contribution is 7.89. The first-order valence-electron chi connectivity index (χ1n) is 6.80. The second-order valence-electron chi connectivity index (χ2n) is 5.09. The predicted molar refractivity (Wildman–Crippen MR) is 73.0 cm³/mol. The Balaban J connectivity index is 1.97. The summed E-state index contributed by atoms with van der Waals surface area (Å²) in [5.41, 5.74) is 5.70. The Hall–Kier alpha value is -0.920. The number of nitrogens with zero attached hydrogens (tertiary/aromatic N) is 1. The second-order valence-corrected chi connectivity index (χ2v) is 6.82. The summed E-state index contributed by atoms with van der Waals surface area (Å²) in [4.78, 5) is 6.83. The molecule has 1 aromatic rings. The van der Waals surface area contributed by atoms with E-state index in [9.17, 15) is 8.42 Å². The van der Waals surface area contributed by atoms with Gasteiger partial charge in [-0.25, -0.2) is 18.1 Å². The van der Waals surface area contributed by atoms with Crippen molar-refractivity contribution in [3.05, 3.63) is 12.0 Å². The van der Waals surface area contributed by atoms with Crippen molar-refractivity contribution in [1.29, 1.82) is 0 Å². The van der Waals surface area contributed by atoms with E-state index in [1.165, 1.54) is 6.20 Å². The smallest absolute Gasteiger partial charge is 0.257 e. The first-order valence-corrected chi connectivity index (χ1v) is 8.28. The largest absolute Gasteiger partial charge is 0.332 e. The summed E-state index contributed by atoms with van der Waals surface area (Å²) >= 11 is 0. The molecule has 19 heavy (non-hydrogen) atoms. The zero-order chi connectivity index (χ0) is 13.9. The zero-order valence-electron chi connectivity index (χ0n) is 11.2. The lowest BCUT2D eigenvalue weighted by Gasteiger charge is -2.17. The van der Waals surface area contributed by atoms with Gasteiger partial charge in [-0.3, -0.25) is 0 Å². The molecule has 6 nitrogen and oxygen atoms in total. The fraction of sp³-hybridized carbons (Fsp3) is 0.750. The van der Waals surface area contributed by atoms with Crippen molar-refractivity contribution < 1.29 is 8.42 Å². The maximum Gasteiger partial charge on any atom is 0.257 e. The van der Waals surface area contributed by atoms with Crippen molar-refractivity contribution in [2.45, 2.75) is 37.6 Å².